The molecule has 2 amide bonds. The zero-order valence-corrected chi connectivity index (χ0v) is 22.3. The molecule has 0 saturated heterocycles. The molecule has 1 saturated carbocycles. The van der Waals surface area contributed by atoms with Gasteiger partial charge in [-0.2, -0.15) is 0 Å². The number of thioether (sulfide) groups is 1. The first-order valence-corrected chi connectivity index (χ1v) is 13.9. The minimum absolute atomic E-state index is 0.0683. The smallest absolute Gasteiger partial charge is 0.243 e. The minimum Gasteiger partial charge on any atom is -0.352 e. The highest BCUT2D eigenvalue weighted by atomic mass is 35.5. The number of hydrogen-bond donors (Lipinski definition) is 1. The van der Waals surface area contributed by atoms with Gasteiger partial charge in [0, 0.05) is 45.3 Å². The predicted octanol–water partition coefficient (Wildman–Crippen LogP) is 7.04. The standard InChI is InChI=1S/C27H34Cl2N2O2S/c1-3-25(27(33)30-20-8-5-4-6-9-20)31(18-22-23(28)10-7-11-24(22)29)26(32)16-17-34-21-14-12-19(2)13-15-21/h7,10-15,20,25H,3-6,8-9,16-18H2,1-2H3,(H,30,33). The van der Waals surface area contributed by atoms with Gasteiger partial charge in [-0.3, -0.25) is 9.59 Å². The number of aryl methyl sites for hydroxylation is 1. The maximum atomic E-state index is 13.5. The van der Waals surface area contributed by atoms with E-state index in [0.29, 0.717) is 34.2 Å². The summed E-state index contributed by atoms with van der Waals surface area (Å²) in [4.78, 5) is 29.6. The summed E-state index contributed by atoms with van der Waals surface area (Å²) < 4.78 is 0. The second-order valence-electron chi connectivity index (χ2n) is 8.90. The zero-order chi connectivity index (χ0) is 24.5. The maximum Gasteiger partial charge on any atom is 0.243 e. The van der Waals surface area contributed by atoms with Crippen molar-refractivity contribution in [2.24, 2.45) is 0 Å². The molecule has 4 nitrogen and oxygen atoms in total. The van der Waals surface area contributed by atoms with Crippen molar-refractivity contribution >= 4 is 46.8 Å². The molecule has 1 fully saturated rings. The molecule has 34 heavy (non-hydrogen) atoms. The van der Waals surface area contributed by atoms with E-state index in [1.54, 1.807) is 34.9 Å². The predicted molar refractivity (Wildman–Crippen MR) is 143 cm³/mol. The molecule has 7 heteroatoms. The molecule has 0 radical (unpaired) electrons. The lowest BCUT2D eigenvalue weighted by Gasteiger charge is -2.33. The van der Waals surface area contributed by atoms with Crippen LogP contribution in [0.4, 0.5) is 0 Å². The van der Waals surface area contributed by atoms with Gasteiger partial charge < -0.3 is 10.2 Å². The van der Waals surface area contributed by atoms with Gasteiger partial charge >= 0.3 is 0 Å². The van der Waals surface area contributed by atoms with Crippen molar-refractivity contribution in [1.82, 2.24) is 10.2 Å². The summed E-state index contributed by atoms with van der Waals surface area (Å²) in [5.74, 6) is 0.480. The number of amides is 2. The molecule has 0 heterocycles. The van der Waals surface area contributed by atoms with Crippen molar-refractivity contribution in [1.29, 1.82) is 0 Å². The number of carbonyl (C=O) groups is 2. The van der Waals surface area contributed by atoms with E-state index in [-0.39, 0.29) is 24.4 Å². The van der Waals surface area contributed by atoms with Crippen molar-refractivity contribution in [3.63, 3.8) is 0 Å². The van der Waals surface area contributed by atoms with Gasteiger partial charge in [-0.25, -0.2) is 0 Å². The Morgan fingerprint density at radius 3 is 2.32 bits per heavy atom. The quantitative estimate of drug-likeness (QED) is 0.341. The van der Waals surface area contributed by atoms with Crippen LogP contribution >= 0.6 is 35.0 Å². The SMILES string of the molecule is CCC(C(=O)NC1CCCCC1)N(Cc1c(Cl)cccc1Cl)C(=O)CCSc1ccc(C)cc1. The monoisotopic (exact) mass is 520 g/mol. The third-order valence-electron chi connectivity index (χ3n) is 6.33. The average Bonchev–Trinajstić information content (AvgIpc) is 2.82. The Morgan fingerprint density at radius 1 is 1.06 bits per heavy atom. The number of nitrogens with zero attached hydrogens (tertiary/aromatic N) is 1. The average molecular weight is 522 g/mol. The second kappa shape index (κ2) is 13.4. The largest absolute Gasteiger partial charge is 0.352 e. The van der Waals surface area contributed by atoms with Gasteiger partial charge in [0.2, 0.25) is 11.8 Å². The number of rotatable bonds is 10. The molecular formula is C27H34Cl2N2O2S. The molecule has 1 N–H and O–H groups in total. The molecule has 0 aromatic heterocycles. The van der Waals surface area contributed by atoms with E-state index in [1.807, 2.05) is 6.92 Å². The molecule has 1 unspecified atom stereocenters. The molecule has 1 aliphatic carbocycles. The Morgan fingerprint density at radius 2 is 1.71 bits per heavy atom. The second-order valence-corrected chi connectivity index (χ2v) is 10.9. The van der Waals surface area contributed by atoms with Crippen LogP contribution in [0.1, 0.15) is 63.0 Å². The maximum absolute atomic E-state index is 13.5. The van der Waals surface area contributed by atoms with Crippen molar-refractivity contribution in [3.8, 4) is 0 Å². The lowest BCUT2D eigenvalue weighted by Crippen LogP contribution is -2.51. The molecule has 0 aliphatic heterocycles. The minimum atomic E-state index is -0.564. The van der Waals surface area contributed by atoms with Gasteiger partial charge in [-0.15, -0.1) is 11.8 Å². The van der Waals surface area contributed by atoms with Crippen LogP contribution in [-0.2, 0) is 16.1 Å². The Kier molecular flexibility index (Phi) is 10.6. The van der Waals surface area contributed by atoms with E-state index in [4.69, 9.17) is 23.2 Å². The number of hydrogen-bond acceptors (Lipinski definition) is 3. The first-order chi connectivity index (χ1) is 16.4. The Labute approximate surface area is 217 Å². The van der Waals surface area contributed by atoms with Gasteiger partial charge in [-0.05, 0) is 50.5 Å². The fourth-order valence-corrected chi connectivity index (χ4v) is 5.71. The molecule has 1 atom stereocenters. The van der Waals surface area contributed by atoms with Gasteiger partial charge in [0.1, 0.15) is 6.04 Å². The third-order valence-corrected chi connectivity index (χ3v) is 8.06. The molecular weight excluding hydrogens is 487 g/mol. The van der Waals surface area contributed by atoms with E-state index in [2.05, 4.69) is 36.5 Å². The van der Waals surface area contributed by atoms with Gasteiger partial charge in [0.05, 0.1) is 0 Å². The van der Waals surface area contributed by atoms with Crippen LogP contribution < -0.4 is 5.32 Å². The van der Waals surface area contributed by atoms with E-state index in [9.17, 15) is 9.59 Å². The van der Waals surface area contributed by atoms with Crippen LogP contribution in [0.15, 0.2) is 47.4 Å². The molecule has 2 aromatic carbocycles. The van der Waals surface area contributed by atoms with Crippen LogP contribution in [0, 0.1) is 6.92 Å². The summed E-state index contributed by atoms with van der Waals surface area (Å²) >= 11 is 14.5. The Bertz CT molecular complexity index is 941. The normalized spacial score (nSPS) is 15.1. The van der Waals surface area contributed by atoms with Crippen molar-refractivity contribution in [2.75, 3.05) is 5.75 Å². The summed E-state index contributed by atoms with van der Waals surface area (Å²) in [7, 11) is 0. The van der Waals surface area contributed by atoms with E-state index < -0.39 is 6.04 Å². The molecule has 0 spiro atoms. The molecule has 2 aromatic rings. The van der Waals surface area contributed by atoms with Crippen LogP contribution in [0.25, 0.3) is 0 Å². The fourth-order valence-electron chi connectivity index (χ4n) is 4.35. The van der Waals surface area contributed by atoms with Crippen LogP contribution in [0.2, 0.25) is 10.0 Å². The first-order valence-electron chi connectivity index (χ1n) is 12.1. The topological polar surface area (TPSA) is 49.4 Å². The zero-order valence-electron chi connectivity index (χ0n) is 20.0. The molecule has 0 bridgehead atoms. The number of nitrogens with one attached hydrogen (secondary N) is 1. The van der Waals surface area contributed by atoms with Crippen LogP contribution in [-0.4, -0.2) is 34.6 Å². The van der Waals surface area contributed by atoms with Gasteiger partial charge in [-0.1, -0.05) is 73.2 Å². The molecule has 184 valence electrons. The Hall–Kier alpha value is -1.69. The van der Waals surface area contributed by atoms with E-state index in [0.717, 1.165) is 30.6 Å². The van der Waals surface area contributed by atoms with Crippen molar-refractivity contribution < 1.29 is 9.59 Å². The van der Waals surface area contributed by atoms with E-state index in [1.165, 1.54) is 12.0 Å². The van der Waals surface area contributed by atoms with E-state index >= 15 is 0 Å². The van der Waals surface area contributed by atoms with Crippen molar-refractivity contribution in [2.45, 2.75) is 82.3 Å². The molecule has 3 rings (SSSR count). The molecule has 1 aliphatic rings. The highest BCUT2D eigenvalue weighted by Crippen LogP contribution is 2.28. The summed E-state index contributed by atoms with van der Waals surface area (Å²) in [6.07, 6.45) is 6.34. The third kappa shape index (κ3) is 7.66. The summed E-state index contributed by atoms with van der Waals surface area (Å²) in [6, 6.07) is 13.2. The fraction of sp³-hybridized carbons (Fsp3) is 0.481. The number of carbonyl (C=O) groups excluding carboxylic acids is 2. The van der Waals surface area contributed by atoms with Crippen LogP contribution in [0.3, 0.4) is 0 Å². The summed E-state index contributed by atoms with van der Waals surface area (Å²) in [5.41, 5.74) is 1.88. The van der Waals surface area contributed by atoms with Crippen LogP contribution in [0.5, 0.6) is 0 Å². The van der Waals surface area contributed by atoms with Crippen molar-refractivity contribution in [3.05, 3.63) is 63.6 Å². The number of benzene rings is 2. The lowest BCUT2D eigenvalue weighted by molar-refractivity contribution is -0.141. The summed E-state index contributed by atoms with van der Waals surface area (Å²) in [6.45, 7) is 4.21. The Balaban J connectivity index is 1.74. The number of halogens is 2. The first kappa shape index (κ1) is 26.9. The summed E-state index contributed by atoms with van der Waals surface area (Å²) in [5, 5.41) is 4.21. The van der Waals surface area contributed by atoms with Gasteiger partial charge in [0.15, 0.2) is 0 Å². The lowest BCUT2D eigenvalue weighted by atomic mass is 9.95. The van der Waals surface area contributed by atoms with Gasteiger partial charge in [0.25, 0.3) is 0 Å². The highest BCUT2D eigenvalue weighted by Gasteiger charge is 2.31. The highest BCUT2D eigenvalue weighted by molar-refractivity contribution is 7.99.